The molecule has 0 spiro atoms. The molecule has 0 saturated carbocycles. The summed E-state index contributed by atoms with van der Waals surface area (Å²) in [4.78, 5) is 21.1. The number of rotatable bonds is 7. The lowest BCUT2D eigenvalue weighted by atomic mass is 10.2. The predicted octanol–water partition coefficient (Wildman–Crippen LogP) is 2.03. The second-order valence-electron chi connectivity index (χ2n) is 9.06. The number of piperazine rings is 1. The number of hydrogen-bond acceptors (Lipinski definition) is 5. The van der Waals surface area contributed by atoms with Crippen molar-refractivity contribution >= 4 is 12.1 Å². The van der Waals surface area contributed by atoms with Crippen molar-refractivity contribution in [2.24, 2.45) is 12.0 Å². The molecule has 9 nitrogen and oxygen atoms in total. The van der Waals surface area contributed by atoms with Crippen LogP contribution in [0.25, 0.3) is 0 Å². The number of amides is 1. The van der Waals surface area contributed by atoms with Crippen molar-refractivity contribution in [1.82, 2.24) is 30.2 Å². The van der Waals surface area contributed by atoms with Crippen LogP contribution in [-0.4, -0.2) is 83.0 Å². The largest absolute Gasteiger partial charge is 0.444 e. The molecule has 0 aromatic carbocycles. The Bertz CT molecular complexity index is 744. The van der Waals surface area contributed by atoms with Gasteiger partial charge in [-0.1, -0.05) is 0 Å². The Labute approximate surface area is 187 Å². The van der Waals surface area contributed by atoms with E-state index in [9.17, 15) is 4.79 Å². The molecule has 1 aromatic heterocycles. The Morgan fingerprint density at radius 2 is 1.84 bits per heavy atom. The molecule has 2 rings (SSSR count). The van der Waals surface area contributed by atoms with Gasteiger partial charge in [0.2, 0.25) is 0 Å². The van der Waals surface area contributed by atoms with Crippen LogP contribution in [0.3, 0.4) is 0 Å². The van der Waals surface area contributed by atoms with E-state index in [1.807, 2.05) is 39.4 Å². The fourth-order valence-electron chi connectivity index (χ4n) is 3.54. The van der Waals surface area contributed by atoms with Gasteiger partial charge >= 0.3 is 6.09 Å². The van der Waals surface area contributed by atoms with E-state index in [4.69, 9.17) is 9.73 Å². The van der Waals surface area contributed by atoms with Gasteiger partial charge in [0.05, 0.1) is 12.2 Å². The van der Waals surface area contributed by atoms with Gasteiger partial charge in [-0.25, -0.2) is 9.79 Å². The first-order chi connectivity index (χ1) is 14.6. The van der Waals surface area contributed by atoms with E-state index in [-0.39, 0.29) is 6.09 Å². The summed E-state index contributed by atoms with van der Waals surface area (Å²) in [5.74, 6) is 0.833. The second-order valence-corrected chi connectivity index (χ2v) is 9.06. The summed E-state index contributed by atoms with van der Waals surface area (Å²) in [5, 5.41) is 11.2. The summed E-state index contributed by atoms with van der Waals surface area (Å²) >= 11 is 0. The molecule has 1 fully saturated rings. The summed E-state index contributed by atoms with van der Waals surface area (Å²) in [6.07, 6.45) is 0.807. The monoisotopic (exact) mass is 435 g/mol. The molecule has 2 N–H and O–H groups in total. The highest BCUT2D eigenvalue weighted by Crippen LogP contribution is 2.13. The highest BCUT2D eigenvalue weighted by molar-refractivity contribution is 5.79. The van der Waals surface area contributed by atoms with Crippen molar-refractivity contribution in [2.45, 2.75) is 60.1 Å². The van der Waals surface area contributed by atoms with Gasteiger partial charge in [-0.3, -0.25) is 9.58 Å². The standard InChI is InChI=1S/C22H41N7O2/c1-8-23-20(25-16-19-17(2)26-27(7)18(19)3)24-10-9-11-28-12-14-29(15-13-28)21(30)31-22(4,5)6/h8-16H2,1-7H3,(H2,23,24,25). The van der Waals surface area contributed by atoms with Crippen LogP contribution >= 0.6 is 0 Å². The van der Waals surface area contributed by atoms with Crippen molar-refractivity contribution in [1.29, 1.82) is 0 Å². The molecule has 1 aromatic rings. The molecule has 0 aliphatic carbocycles. The van der Waals surface area contributed by atoms with Crippen molar-refractivity contribution < 1.29 is 9.53 Å². The van der Waals surface area contributed by atoms with Gasteiger partial charge in [0.1, 0.15) is 5.60 Å². The second kappa shape index (κ2) is 11.4. The van der Waals surface area contributed by atoms with Gasteiger partial charge in [-0.2, -0.15) is 5.10 Å². The number of hydrogen-bond donors (Lipinski definition) is 2. The normalized spacial score (nSPS) is 15.8. The Balaban J connectivity index is 1.72. The first-order valence-corrected chi connectivity index (χ1v) is 11.3. The third kappa shape index (κ3) is 8.05. The topological polar surface area (TPSA) is 87.0 Å². The molecule has 0 atom stereocenters. The molecule has 176 valence electrons. The molecule has 1 amide bonds. The van der Waals surface area contributed by atoms with Gasteiger partial charge in [-0.05, 0) is 54.5 Å². The van der Waals surface area contributed by atoms with E-state index in [1.165, 1.54) is 5.56 Å². The number of aliphatic imine (C=N–C) groups is 1. The lowest BCUT2D eigenvalue weighted by molar-refractivity contribution is 0.0145. The van der Waals surface area contributed by atoms with Crippen LogP contribution in [-0.2, 0) is 18.3 Å². The Morgan fingerprint density at radius 3 is 2.39 bits per heavy atom. The average Bonchev–Trinajstić information content (AvgIpc) is 2.93. The molecule has 1 saturated heterocycles. The summed E-state index contributed by atoms with van der Waals surface area (Å²) < 4.78 is 7.37. The smallest absolute Gasteiger partial charge is 0.410 e. The zero-order valence-electron chi connectivity index (χ0n) is 20.4. The van der Waals surface area contributed by atoms with Crippen LogP contribution in [0.1, 0.15) is 51.1 Å². The lowest BCUT2D eigenvalue weighted by Crippen LogP contribution is -2.50. The van der Waals surface area contributed by atoms with Gasteiger partial charge < -0.3 is 20.3 Å². The fraction of sp³-hybridized carbons (Fsp3) is 0.773. The average molecular weight is 436 g/mol. The van der Waals surface area contributed by atoms with E-state index in [0.717, 1.165) is 69.6 Å². The van der Waals surface area contributed by atoms with Crippen LogP contribution < -0.4 is 10.6 Å². The number of nitrogens with zero attached hydrogens (tertiary/aromatic N) is 5. The Kier molecular flexibility index (Phi) is 9.15. The molecular formula is C22H41N7O2. The Morgan fingerprint density at radius 1 is 1.16 bits per heavy atom. The summed E-state index contributed by atoms with van der Waals surface area (Å²) in [6, 6.07) is 0. The maximum absolute atomic E-state index is 12.2. The molecule has 0 radical (unpaired) electrons. The first-order valence-electron chi connectivity index (χ1n) is 11.3. The maximum atomic E-state index is 12.2. The van der Waals surface area contributed by atoms with Gasteiger partial charge in [0, 0.05) is 57.6 Å². The summed E-state index contributed by atoms with van der Waals surface area (Å²) in [6.45, 7) is 18.4. The summed E-state index contributed by atoms with van der Waals surface area (Å²) in [7, 11) is 1.96. The zero-order chi connectivity index (χ0) is 23.0. The third-order valence-electron chi connectivity index (χ3n) is 5.37. The number of nitrogens with one attached hydrogen (secondary N) is 2. The lowest BCUT2D eigenvalue weighted by Gasteiger charge is -2.35. The fourth-order valence-corrected chi connectivity index (χ4v) is 3.54. The number of aryl methyl sites for hydroxylation is 2. The molecule has 9 heteroatoms. The van der Waals surface area contributed by atoms with Crippen LogP contribution in [0.15, 0.2) is 4.99 Å². The van der Waals surface area contributed by atoms with Gasteiger partial charge in [-0.15, -0.1) is 0 Å². The SMILES string of the molecule is CCNC(=NCc1c(C)nn(C)c1C)NCCCN1CCN(C(=O)OC(C)(C)C)CC1. The zero-order valence-corrected chi connectivity index (χ0v) is 20.4. The van der Waals surface area contributed by atoms with E-state index in [0.29, 0.717) is 6.54 Å². The van der Waals surface area contributed by atoms with E-state index in [1.54, 1.807) is 4.90 Å². The minimum absolute atomic E-state index is 0.209. The van der Waals surface area contributed by atoms with Gasteiger partial charge in [0.15, 0.2) is 5.96 Å². The maximum Gasteiger partial charge on any atom is 0.410 e. The van der Waals surface area contributed by atoms with Crippen molar-refractivity contribution in [2.75, 3.05) is 45.8 Å². The minimum atomic E-state index is -0.444. The molecule has 0 unspecified atom stereocenters. The highest BCUT2D eigenvalue weighted by Gasteiger charge is 2.25. The van der Waals surface area contributed by atoms with Crippen LogP contribution in [0.5, 0.6) is 0 Å². The van der Waals surface area contributed by atoms with E-state index < -0.39 is 5.60 Å². The third-order valence-corrected chi connectivity index (χ3v) is 5.37. The van der Waals surface area contributed by atoms with Gasteiger partial charge in [0.25, 0.3) is 0 Å². The van der Waals surface area contributed by atoms with Crippen LogP contribution in [0, 0.1) is 13.8 Å². The van der Waals surface area contributed by atoms with Crippen LogP contribution in [0.2, 0.25) is 0 Å². The number of carbonyl (C=O) groups is 1. The quantitative estimate of drug-likeness (QED) is 0.387. The molecule has 31 heavy (non-hydrogen) atoms. The van der Waals surface area contributed by atoms with Crippen LogP contribution in [0.4, 0.5) is 4.79 Å². The molecular weight excluding hydrogens is 394 g/mol. The molecule has 1 aliphatic rings. The summed E-state index contributed by atoms with van der Waals surface area (Å²) in [5.41, 5.74) is 2.93. The number of guanidine groups is 1. The molecule has 0 bridgehead atoms. The van der Waals surface area contributed by atoms with Crippen molar-refractivity contribution in [3.05, 3.63) is 17.0 Å². The minimum Gasteiger partial charge on any atom is -0.444 e. The Hall–Kier alpha value is -2.29. The number of ether oxygens (including phenoxy) is 1. The van der Waals surface area contributed by atoms with Crippen molar-refractivity contribution in [3.63, 3.8) is 0 Å². The van der Waals surface area contributed by atoms with E-state index in [2.05, 4.69) is 34.5 Å². The number of aromatic nitrogens is 2. The number of carbonyl (C=O) groups excluding carboxylic acids is 1. The highest BCUT2D eigenvalue weighted by atomic mass is 16.6. The van der Waals surface area contributed by atoms with Crippen molar-refractivity contribution in [3.8, 4) is 0 Å². The van der Waals surface area contributed by atoms with E-state index >= 15 is 0 Å². The first kappa shape index (κ1) is 25.0. The molecule has 1 aliphatic heterocycles. The predicted molar refractivity (Wildman–Crippen MR) is 124 cm³/mol. The molecule has 2 heterocycles.